The normalized spacial score (nSPS) is 9.11. The van der Waals surface area contributed by atoms with Crippen molar-refractivity contribution in [1.29, 1.82) is 0 Å². The summed E-state index contributed by atoms with van der Waals surface area (Å²) in [5.41, 5.74) is 2.55. The number of carbonyl (C=O) groups is 2. The van der Waals surface area contributed by atoms with Crippen LogP contribution in [0, 0.1) is 0 Å². The second-order valence-corrected chi connectivity index (χ2v) is 3.81. The van der Waals surface area contributed by atoms with Gasteiger partial charge in [0.15, 0.2) is 0 Å². The molecular formula is C16H16O3. The molecule has 19 heavy (non-hydrogen) atoms. The van der Waals surface area contributed by atoms with E-state index in [2.05, 4.69) is 48.5 Å². The number of carbonyl (C=O) groups excluding carboxylic acids is 1. The molecule has 0 amide bonds. The van der Waals surface area contributed by atoms with E-state index in [1.807, 2.05) is 12.1 Å². The average Bonchev–Trinajstić information content (AvgIpc) is 2.49. The van der Waals surface area contributed by atoms with Crippen molar-refractivity contribution in [2.75, 3.05) is 0 Å². The van der Waals surface area contributed by atoms with Crippen LogP contribution in [0.4, 0.5) is 0 Å². The number of hydrogen-bond acceptors (Lipinski definition) is 2. The highest BCUT2D eigenvalue weighted by Gasteiger charge is 2.05. The molecule has 0 aliphatic carbocycles. The van der Waals surface area contributed by atoms with Gasteiger partial charge in [-0.05, 0) is 11.1 Å². The smallest absolute Gasteiger partial charge is 0.372 e. The maximum absolute atomic E-state index is 9.91. The molecule has 1 N–H and O–H groups in total. The second-order valence-electron chi connectivity index (χ2n) is 3.81. The number of rotatable bonds is 3. The minimum Gasteiger partial charge on any atom is -0.476 e. The Morgan fingerprint density at radius 1 is 0.842 bits per heavy atom. The molecule has 0 fully saturated rings. The van der Waals surface area contributed by atoms with Crippen molar-refractivity contribution in [1.82, 2.24) is 0 Å². The van der Waals surface area contributed by atoms with E-state index < -0.39 is 11.8 Å². The zero-order chi connectivity index (χ0) is 14.1. The molecule has 2 aromatic rings. The van der Waals surface area contributed by atoms with E-state index in [1.54, 1.807) is 0 Å². The molecule has 0 aliphatic heterocycles. The summed E-state index contributed by atoms with van der Waals surface area (Å²) in [7, 11) is 0. The highest BCUT2D eigenvalue weighted by molar-refractivity contribution is 6.32. The van der Waals surface area contributed by atoms with E-state index in [9.17, 15) is 9.59 Å². The molecule has 0 spiro atoms. The summed E-state index contributed by atoms with van der Waals surface area (Å²) in [5.74, 6) is -2.08. The predicted molar refractivity (Wildman–Crippen MR) is 74.8 cm³/mol. The highest BCUT2D eigenvalue weighted by atomic mass is 16.4. The summed E-state index contributed by atoms with van der Waals surface area (Å²) in [6.45, 7) is 1.51. The molecule has 0 heterocycles. The molecule has 3 nitrogen and oxygen atoms in total. The molecule has 0 saturated heterocycles. The van der Waals surface area contributed by atoms with Crippen molar-refractivity contribution in [3.05, 3.63) is 60.7 Å². The van der Waals surface area contributed by atoms with Gasteiger partial charge in [-0.15, -0.1) is 0 Å². The second kappa shape index (κ2) is 7.82. The zero-order valence-electron chi connectivity index (χ0n) is 10.7. The van der Waals surface area contributed by atoms with Gasteiger partial charge in [0.1, 0.15) is 0 Å². The molecular weight excluding hydrogens is 240 g/mol. The van der Waals surface area contributed by atoms with Crippen molar-refractivity contribution < 1.29 is 14.7 Å². The van der Waals surface area contributed by atoms with E-state index in [4.69, 9.17) is 5.11 Å². The van der Waals surface area contributed by atoms with Gasteiger partial charge in [0.25, 0.3) is 0 Å². The topological polar surface area (TPSA) is 54.4 Å². The SMILES string of the molecule is CCC(=O)C(=O)O.c1ccc(-c2ccccc2)cc1. The lowest BCUT2D eigenvalue weighted by Gasteiger charge is -1.98. The van der Waals surface area contributed by atoms with E-state index in [0.717, 1.165) is 0 Å². The Balaban J connectivity index is 0.000000224. The van der Waals surface area contributed by atoms with Crippen LogP contribution in [0.2, 0.25) is 0 Å². The fourth-order valence-electron chi connectivity index (χ4n) is 1.41. The van der Waals surface area contributed by atoms with Gasteiger partial charge in [0.05, 0.1) is 0 Å². The van der Waals surface area contributed by atoms with Crippen LogP contribution in [-0.2, 0) is 9.59 Å². The minimum absolute atomic E-state index is 0.0787. The van der Waals surface area contributed by atoms with E-state index >= 15 is 0 Å². The number of ketones is 1. The summed E-state index contributed by atoms with van der Waals surface area (Å²) in [6.07, 6.45) is 0.0787. The van der Waals surface area contributed by atoms with Gasteiger partial charge in [-0.1, -0.05) is 67.6 Å². The molecule has 3 heteroatoms. The lowest BCUT2D eigenvalue weighted by Crippen LogP contribution is -2.09. The quantitative estimate of drug-likeness (QED) is 0.856. The van der Waals surface area contributed by atoms with Gasteiger partial charge >= 0.3 is 5.97 Å². The fraction of sp³-hybridized carbons (Fsp3) is 0.125. The van der Waals surface area contributed by atoms with Crippen LogP contribution >= 0.6 is 0 Å². The summed E-state index contributed by atoms with van der Waals surface area (Å²) in [5, 5.41) is 7.83. The highest BCUT2D eigenvalue weighted by Crippen LogP contribution is 2.17. The van der Waals surface area contributed by atoms with Gasteiger partial charge in [-0.2, -0.15) is 0 Å². The Morgan fingerprint density at radius 3 is 1.42 bits per heavy atom. The third kappa shape index (κ3) is 5.17. The van der Waals surface area contributed by atoms with Gasteiger partial charge in [-0.25, -0.2) is 4.79 Å². The van der Waals surface area contributed by atoms with Crippen LogP contribution in [-0.4, -0.2) is 16.9 Å². The van der Waals surface area contributed by atoms with Crippen LogP contribution < -0.4 is 0 Å². The third-order valence-corrected chi connectivity index (χ3v) is 2.44. The van der Waals surface area contributed by atoms with Gasteiger partial charge in [-0.3, -0.25) is 4.79 Å². The number of aliphatic carboxylic acids is 1. The number of carboxylic acids is 1. The first-order chi connectivity index (χ1) is 9.15. The van der Waals surface area contributed by atoms with Crippen LogP contribution in [0.3, 0.4) is 0 Å². The summed E-state index contributed by atoms with van der Waals surface area (Å²) in [4.78, 5) is 19.5. The van der Waals surface area contributed by atoms with Crippen molar-refractivity contribution >= 4 is 11.8 Å². The predicted octanol–water partition coefficient (Wildman–Crippen LogP) is 3.40. The van der Waals surface area contributed by atoms with Gasteiger partial charge in [0.2, 0.25) is 5.78 Å². The molecule has 0 atom stereocenters. The molecule has 0 aromatic heterocycles. The lowest BCUT2D eigenvalue weighted by molar-refractivity contribution is -0.148. The van der Waals surface area contributed by atoms with Crippen LogP contribution in [0.1, 0.15) is 13.3 Å². The lowest BCUT2D eigenvalue weighted by atomic mass is 10.1. The van der Waals surface area contributed by atoms with Crippen LogP contribution in [0.25, 0.3) is 11.1 Å². The molecule has 2 rings (SSSR count). The van der Waals surface area contributed by atoms with E-state index in [1.165, 1.54) is 18.1 Å². The molecule has 2 aromatic carbocycles. The number of hydrogen-bond donors (Lipinski definition) is 1. The van der Waals surface area contributed by atoms with Crippen molar-refractivity contribution in [2.24, 2.45) is 0 Å². The summed E-state index contributed by atoms with van der Waals surface area (Å²) in [6, 6.07) is 20.8. The van der Waals surface area contributed by atoms with Crippen LogP contribution in [0.5, 0.6) is 0 Å². The summed E-state index contributed by atoms with van der Waals surface area (Å²) >= 11 is 0. The monoisotopic (exact) mass is 256 g/mol. The fourth-order valence-corrected chi connectivity index (χ4v) is 1.41. The molecule has 0 unspecified atom stereocenters. The first-order valence-corrected chi connectivity index (χ1v) is 6.01. The van der Waals surface area contributed by atoms with Gasteiger partial charge in [0, 0.05) is 6.42 Å². The Morgan fingerprint density at radius 2 is 1.21 bits per heavy atom. The first-order valence-electron chi connectivity index (χ1n) is 6.01. The number of carboxylic acid groups (broad SMARTS) is 1. The Labute approximate surface area is 112 Å². The van der Waals surface area contributed by atoms with E-state index in [0.29, 0.717) is 0 Å². The zero-order valence-corrected chi connectivity index (χ0v) is 10.7. The Kier molecular flexibility index (Phi) is 6.03. The third-order valence-electron chi connectivity index (χ3n) is 2.44. The average molecular weight is 256 g/mol. The number of Topliss-reactive ketones (excluding diaryl/α,β-unsaturated/α-hetero) is 1. The summed E-state index contributed by atoms with van der Waals surface area (Å²) < 4.78 is 0. The molecule has 98 valence electrons. The maximum atomic E-state index is 9.91. The van der Waals surface area contributed by atoms with Crippen molar-refractivity contribution in [2.45, 2.75) is 13.3 Å². The molecule has 0 aliphatic rings. The largest absolute Gasteiger partial charge is 0.476 e. The molecule has 0 saturated carbocycles. The Hall–Kier alpha value is -2.42. The standard InChI is InChI=1S/C12H10.C4H6O3/c1-3-7-11(8-4-1)12-9-5-2-6-10-12;1-2-3(5)4(6)7/h1-10H;2H2,1H3,(H,6,7). The van der Waals surface area contributed by atoms with E-state index in [-0.39, 0.29) is 6.42 Å². The van der Waals surface area contributed by atoms with Crippen molar-refractivity contribution in [3.8, 4) is 11.1 Å². The number of benzene rings is 2. The maximum Gasteiger partial charge on any atom is 0.372 e. The van der Waals surface area contributed by atoms with Gasteiger partial charge < -0.3 is 5.11 Å². The molecule has 0 radical (unpaired) electrons. The van der Waals surface area contributed by atoms with Crippen molar-refractivity contribution in [3.63, 3.8) is 0 Å². The Bertz CT molecular complexity index is 481. The first kappa shape index (κ1) is 14.6. The minimum atomic E-state index is -1.34. The molecule has 0 bridgehead atoms. The van der Waals surface area contributed by atoms with Crippen LogP contribution in [0.15, 0.2) is 60.7 Å².